The van der Waals surface area contributed by atoms with Crippen molar-refractivity contribution in [2.45, 2.75) is 51.5 Å². The monoisotopic (exact) mass is 381 g/mol. The standard InChI is InChI=1S/C23H31N3O2/c1-16-10-18-12-19(11-16)14-20(13-18)25-22(27)21-15-24-26(2)23(21)28-9-8-17-6-4-3-5-7-17/h3-7,15-16,18-20H,8-14H2,1-2H3,(H,25,27). The van der Waals surface area contributed by atoms with Gasteiger partial charge in [-0.15, -0.1) is 0 Å². The first-order valence-corrected chi connectivity index (χ1v) is 10.6. The SMILES string of the molecule is CC1CC2CC(C1)CC(NC(=O)c1cnn(C)c1OCCc1ccccc1)C2. The predicted octanol–water partition coefficient (Wildman–Crippen LogP) is 3.99. The lowest BCUT2D eigenvalue weighted by atomic mass is 9.67. The highest BCUT2D eigenvalue weighted by Crippen LogP contribution is 2.42. The molecule has 2 fully saturated rings. The third kappa shape index (κ3) is 4.40. The lowest BCUT2D eigenvalue weighted by Gasteiger charge is -2.41. The van der Waals surface area contributed by atoms with E-state index in [1.165, 1.54) is 24.8 Å². The Balaban J connectivity index is 1.35. The zero-order valence-corrected chi connectivity index (χ0v) is 16.9. The molecule has 28 heavy (non-hydrogen) atoms. The Morgan fingerprint density at radius 1 is 1.14 bits per heavy atom. The van der Waals surface area contributed by atoms with Gasteiger partial charge in [0, 0.05) is 19.5 Å². The van der Waals surface area contributed by atoms with Crippen LogP contribution in [0.5, 0.6) is 5.88 Å². The molecule has 1 N–H and O–H groups in total. The zero-order chi connectivity index (χ0) is 19.5. The van der Waals surface area contributed by atoms with Crippen LogP contribution in [-0.2, 0) is 13.5 Å². The fourth-order valence-corrected chi connectivity index (χ4v) is 5.23. The summed E-state index contributed by atoms with van der Waals surface area (Å²) in [6.07, 6.45) is 8.61. The Morgan fingerprint density at radius 3 is 2.57 bits per heavy atom. The minimum atomic E-state index is -0.0548. The first-order valence-electron chi connectivity index (χ1n) is 10.6. The molecule has 0 aliphatic heterocycles. The van der Waals surface area contributed by atoms with Gasteiger partial charge in [-0.2, -0.15) is 5.10 Å². The molecule has 2 aromatic rings. The van der Waals surface area contributed by atoms with Crippen LogP contribution in [0, 0.1) is 17.8 Å². The lowest BCUT2D eigenvalue weighted by molar-refractivity contribution is 0.0837. The number of nitrogens with one attached hydrogen (secondary N) is 1. The Kier molecular flexibility index (Phi) is 5.69. The van der Waals surface area contributed by atoms with Crippen molar-refractivity contribution in [1.82, 2.24) is 15.1 Å². The van der Waals surface area contributed by atoms with Gasteiger partial charge in [0.15, 0.2) is 0 Å². The van der Waals surface area contributed by atoms with E-state index in [1.807, 2.05) is 25.2 Å². The number of benzene rings is 1. The van der Waals surface area contributed by atoms with E-state index in [1.54, 1.807) is 10.9 Å². The number of carbonyl (C=O) groups excluding carboxylic acids is 1. The van der Waals surface area contributed by atoms with Crippen molar-refractivity contribution in [3.05, 3.63) is 47.7 Å². The highest BCUT2D eigenvalue weighted by atomic mass is 16.5. The molecule has 5 nitrogen and oxygen atoms in total. The van der Waals surface area contributed by atoms with E-state index in [0.717, 1.165) is 37.0 Å². The average molecular weight is 382 g/mol. The van der Waals surface area contributed by atoms with Crippen LogP contribution in [0.25, 0.3) is 0 Å². The summed E-state index contributed by atoms with van der Waals surface area (Å²) < 4.78 is 7.60. The van der Waals surface area contributed by atoms with Gasteiger partial charge in [0.1, 0.15) is 5.56 Å². The number of hydrogen-bond acceptors (Lipinski definition) is 3. The molecule has 2 atom stereocenters. The molecule has 1 amide bonds. The van der Waals surface area contributed by atoms with Crippen molar-refractivity contribution >= 4 is 5.91 Å². The Labute approximate surface area is 167 Å². The van der Waals surface area contributed by atoms with Crippen LogP contribution in [0.2, 0.25) is 0 Å². The molecule has 2 aliphatic carbocycles. The molecular formula is C23H31N3O2. The van der Waals surface area contributed by atoms with E-state index in [2.05, 4.69) is 29.5 Å². The molecule has 1 aromatic carbocycles. The molecule has 1 heterocycles. The van der Waals surface area contributed by atoms with E-state index >= 15 is 0 Å². The van der Waals surface area contributed by atoms with Crippen LogP contribution >= 0.6 is 0 Å². The molecule has 5 heteroatoms. The van der Waals surface area contributed by atoms with Crippen LogP contribution in [-0.4, -0.2) is 28.3 Å². The van der Waals surface area contributed by atoms with Crippen molar-refractivity contribution < 1.29 is 9.53 Å². The fraction of sp³-hybridized carbons (Fsp3) is 0.565. The van der Waals surface area contributed by atoms with Gasteiger partial charge in [-0.3, -0.25) is 4.79 Å². The average Bonchev–Trinajstić information content (AvgIpc) is 3.02. The van der Waals surface area contributed by atoms with Crippen LogP contribution in [0.4, 0.5) is 0 Å². The van der Waals surface area contributed by atoms with E-state index in [0.29, 0.717) is 18.1 Å². The summed E-state index contributed by atoms with van der Waals surface area (Å²) in [5.41, 5.74) is 1.76. The van der Waals surface area contributed by atoms with Crippen molar-refractivity contribution in [2.24, 2.45) is 24.8 Å². The molecule has 0 saturated heterocycles. The number of fused-ring (bicyclic) bond motifs is 2. The van der Waals surface area contributed by atoms with Gasteiger partial charge >= 0.3 is 0 Å². The van der Waals surface area contributed by atoms with Gasteiger partial charge in [-0.25, -0.2) is 4.68 Å². The van der Waals surface area contributed by atoms with Gasteiger partial charge in [-0.1, -0.05) is 37.3 Å². The van der Waals surface area contributed by atoms with Crippen molar-refractivity contribution in [2.75, 3.05) is 6.61 Å². The number of amides is 1. The summed E-state index contributed by atoms with van der Waals surface area (Å²) in [7, 11) is 1.82. The summed E-state index contributed by atoms with van der Waals surface area (Å²) >= 11 is 0. The minimum absolute atomic E-state index is 0.0548. The number of aryl methyl sites for hydroxylation is 1. The zero-order valence-electron chi connectivity index (χ0n) is 16.9. The highest BCUT2D eigenvalue weighted by Gasteiger charge is 2.35. The van der Waals surface area contributed by atoms with Crippen LogP contribution in [0.3, 0.4) is 0 Å². The maximum absolute atomic E-state index is 12.9. The van der Waals surface area contributed by atoms with Crippen molar-refractivity contribution in [3.63, 3.8) is 0 Å². The number of ether oxygens (including phenoxy) is 1. The Hall–Kier alpha value is -2.30. The second-order valence-electron chi connectivity index (χ2n) is 8.76. The van der Waals surface area contributed by atoms with Gasteiger partial charge in [0.2, 0.25) is 5.88 Å². The molecule has 150 valence electrons. The summed E-state index contributed by atoms with van der Waals surface area (Å²) in [5.74, 6) is 2.87. The molecule has 2 aliphatic rings. The van der Waals surface area contributed by atoms with E-state index in [4.69, 9.17) is 4.74 Å². The summed E-state index contributed by atoms with van der Waals surface area (Å²) in [5, 5.41) is 7.52. The predicted molar refractivity (Wildman–Crippen MR) is 109 cm³/mol. The van der Waals surface area contributed by atoms with E-state index in [-0.39, 0.29) is 11.9 Å². The van der Waals surface area contributed by atoms with Gasteiger partial charge < -0.3 is 10.1 Å². The minimum Gasteiger partial charge on any atom is -0.477 e. The molecule has 0 spiro atoms. The number of carbonyl (C=O) groups is 1. The van der Waals surface area contributed by atoms with Gasteiger partial charge in [0.25, 0.3) is 5.91 Å². The van der Waals surface area contributed by atoms with Crippen molar-refractivity contribution in [1.29, 1.82) is 0 Å². The number of aromatic nitrogens is 2. The van der Waals surface area contributed by atoms with Gasteiger partial charge in [-0.05, 0) is 55.4 Å². The topological polar surface area (TPSA) is 56.2 Å². The van der Waals surface area contributed by atoms with E-state index < -0.39 is 0 Å². The normalized spacial score (nSPS) is 26.6. The quantitative estimate of drug-likeness (QED) is 0.823. The number of rotatable bonds is 6. The van der Waals surface area contributed by atoms with Crippen LogP contribution in [0.1, 0.15) is 54.9 Å². The van der Waals surface area contributed by atoms with Crippen LogP contribution in [0.15, 0.2) is 36.5 Å². The first kappa shape index (κ1) is 19.0. The first-order chi connectivity index (χ1) is 13.6. The fourth-order valence-electron chi connectivity index (χ4n) is 5.23. The molecular weight excluding hydrogens is 350 g/mol. The second-order valence-corrected chi connectivity index (χ2v) is 8.76. The Bertz CT molecular complexity index is 783. The summed E-state index contributed by atoms with van der Waals surface area (Å²) in [4.78, 5) is 12.9. The second kappa shape index (κ2) is 8.38. The third-order valence-electron chi connectivity index (χ3n) is 6.31. The molecule has 0 radical (unpaired) electrons. The maximum Gasteiger partial charge on any atom is 0.258 e. The van der Waals surface area contributed by atoms with Gasteiger partial charge in [0.05, 0.1) is 12.8 Å². The van der Waals surface area contributed by atoms with Crippen molar-refractivity contribution in [3.8, 4) is 5.88 Å². The molecule has 2 saturated carbocycles. The molecule has 2 bridgehead atoms. The smallest absolute Gasteiger partial charge is 0.258 e. The number of nitrogens with zero attached hydrogens (tertiary/aromatic N) is 2. The molecule has 1 aromatic heterocycles. The van der Waals surface area contributed by atoms with Crippen LogP contribution < -0.4 is 10.1 Å². The summed E-state index contributed by atoms with van der Waals surface area (Å²) in [6.45, 7) is 2.89. The highest BCUT2D eigenvalue weighted by molar-refractivity contribution is 5.96. The summed E-state index contributed by atoms with van der Waals surface area (Å²) in [6, 6.07) is 10.5. The maximum atomic E-state index is 12.9. The third-order valence-corrected chi connectivity index (χ3v) is 6.31. The Morgan fingerprint density at radius 2 is 1.86 bits per heavy atom. The molecule has 4 rings (SSSR count). The van der Waals surface area contributed by atoms with E-state index in [9.17, 15) is 4.79 Å². The lowest BCUT2D eigenvalue weighted by Crippen LogP contribution is -2.43. The largest absolute Gasteiger partial charge is 0.477 e. The number of hydrogen-bond donors (Lipinski definition) is 1. The molecule has 2 unspecified atom stereocenters.